The van der Waals surface area contributed by atoms with Gasteiger partial charge in [-0.05, 0) is 44.1 Å². The molecule has 1 aromatic carbocycles. The lowest BCUT2D eigenvalue weighted by molar-refractivity contribution is -0.136. The van der Waals surface area contributed by atoms with E-state index in [4.69, 9.17) is 0 Å². The molecule has 0 heterocycles. The average Bonchev–Trinajstić information content (AvgIpc) is 2.47. The summed E-state index contributed by atoms with van der Waals surface area (Å²) < 4.78 is 35.8. The molecule has 0 bridgehead atoms. The zero-order valence-electron chi connectivity index (χ0n) is 14.5. The van der Waals surface area contributed by atoms with Crippen LogP contribution in [0.3, 0.4) is 0 Å². The van der Waals surface area contributed by atoms with Gasteiger partial charge in [0.2, 0.25) is 11.8 Å². The van der Waals surface area contributed by atoms with Crippen LogP contribution < -0.4 is 10.6 Å². The molecule has 2 amide bonds. The van der Waals surface area contributed by atoms with Gasteiger partial charge in [-0.15, -0.1) is 0 Å². The first-order valence-electron chi connectivity index (χ1n) is 7.87. The zero-order chi connectivity index (χ0) is 19.0. The fourth-order valence-corrected chi connectivity index (χ4v) is 3.11. The summed E-state index contributed by atoms with van der Waals surface area (Å²) in [6.45, 7) is 4.55. The van der Waals surface area contributed by atoms with E-state index >= 15 is 0 Å². The number of hydrogen-bond acceptors (Lipinski definition) is 3. The maximum absolute atomic E-state index is 12.0. The van der Waals surface area contributed by atoms with Crippen molar-refractivity contribution in [2.75, 3.05) is 23.4 Å². The van der Waals surface area contributed by atoms with Crippen molar-refractivity contribution in [2.24, 2.45) is 0 Å². The predicted molar refractivity (Wildman–Crippen MR) is 94.9 cm³/mol. The van der Waals surface area contributed by atoms with Crippen LogP contribution in [0.4, 0.5) is 18.9 Å². The Kier molecular flexibility index (Phi) is 8.28. The van der Waals surface area contributed by atoms with Gasteiger partial charge in [0, 0.05) is 12.1 Å². The second kappa shape index (κ2) is 9.70. The van der Waals surface area contributed by atoms with Crippen LogP contribution in [-0.2, 0) is 9.59 Å². The first-order chi connectivity index (χ1) is 11.6. The number of nitrogens with one attached hydrogen (secondary N) is 2. The smallest absolute Gasteiger partial charge is 0.346 e. The fraction of sp³-hybridized carbons (Fsp3) is 0.529. The van der Waals surface area contributed by atoms with Crippen molar-refractivity contribution in [3.8, 4) is 0 Å². The summed E-state index contributed by atoms with van der Waals surface area (Å²) in [6.07, 6.45) is -3.55. The summed E-state index contributed by atoms with van der Waals surface area (Å²) in [7, 11) is 0. The molecule has 8 heteroatoms. The lowest BCUT2D eigenvalue weighted by Crippen LogP contribution is -2.34. The third-order valence-corrected chi connectivity index (χ3v) is 4.40. The Balaban J connectivity index is 2.24. The third kappa shape index (κ3) is 8.81. The number of benzene rings is 1. The molecule has 0 radical (unpaired) electrons. The van der Waals surface area contributed by atoms with E-state index in [-0.39, 0.29) is 11.7 Å². The highest BCUT2D eigenvalue weighted by atomic mass is 32.2. The number of carbonyl (C=O) groups excluding carboxylic acids is 2. The van der Waals surface area contributed by atoms with Crippen molar-refractivity contribution >= 4 is 29.3 Å². The molecule has 0 atom stereocenters. The highest BCUT2D eigenvalue weighted by Gasteiger charge is 2.27. The molecule has 0 saturated carbocycles. The van der Waals surface area contributed by atoms with Gasteiger partial charge in [0.25, 0.3) is 0 Å². The van der Waals surface area contributed by atoms with Crippen molar-refractivity contribution in [3.63, 3.8) is 0 Å². The monoisotopic (exact) mass is 376 g/mol. The van der Waals surface area contributed by atoms with Gasteiger partial charge in [-0.2, -0.15) is 24.9 Å². The number of hydrogen-bond donors (Lipinski definition) is 2. The summed E-state index contributed by atoms with van der Waals surface area (Å²) in [5, 5.41) is 4.70. The molecule has 0 aliphatic rings. The van der Waals surface area contributed by atoms with Crippen molar-refractivity contribution in [3.05, 3.63) is 28.8 Å². The van der Waals surface area contributed by atoms with Crippen LogP contribution in [0.2, 0.25) is 0 Å². The van der Waals surface area contributed by atoms with E-state index in [0.29, 0.717) is 18.6 Å². The summed E-state index contributed by atoms with van der Waals surface area (Å²) >= 11 is 1.21. The molecule has 0 spiro atoms. The van der Waals surface area contributed by atoms with Gasteiger partial charge in [-0.3, -0.25) is 9.59 Å². The highest BCUT2D eigenvalue weighted by molar-refractivity contribution is 7.99. The minimum atomic E-state index is -4.40. The number of thioether (sulfide) groups is 1. The molecule has 0 unspecified atom stereocenters. The third-order valence-electron chi connectivity index (χ3n) is 3.35. The van der Waals surface area contributed by atoms with Gasteiger partial charge in [0.05, 0.1) is 5.75 Å². The van der Waals surface area contributed by atoms with E-state index in [0.717, 1.165) is 22.4 Å². The van der Waals surface area contributed by atoms with E-state index in [1.54, 1.807) is 0 Å². The van der Waals surface area contributed by atoms with Crippen molar-refractivity contribution in [1.82, 2.24) is 5.32 Å². The highest BCUT2D eigenvalue weighted by Crippen LogP contribution is 2.22. The largest absolute Gasteiger partial charge is 0.405 e. The van der Waals surface area contributed by atoms with E-state index in [1.807, 2.05) is 38.2 Å². The van der Waals surface area contributed by atoms with Crippen LogP contribution in [-0.4, -0.2) is 36.0 Å². The average molecular weight is 376 g/mol. The topological polar surface area (TPSA) is 58.2 Å². The Morgan fingerprint density at radius 3 is 2.24 bits per heavy atom. The number of aryl methyl sites for hydroxylation is 3. The SMILES string of the molecule is Cc1cc(C)c(NC(=O)CCCSCC(=O)NCC(F)(F)F)c(C)c1. The summed E-state index contributed by atoms with van der Waals surface area (Å²) in [6, 6.07) is 4.00. The van der Waals surface area contributed by atoms with Crippen LogP contribution in [0.1, 0.15) is 29.5 Å². The first kappa shape index (κ1) is 21.3. The molecule has 0 aliphatic heterocycles. The molecule has 1 aromatic rings. The number of amides is 2. The molecule has 140 valence electrons. The van der Waals surface area contributed by atoms with Crippen LogP contribution in [0, 0.1) is 20.8 Å². The maximum Gasteiger partial charge on any atom is 0.405 e. The van der Waals surface area contributed by atoms with E-state index < -0.39 is 18.6 Å². The Morgan fingerprint density at radius 1 is 1.08 bits per heavy atom. The minimum Gasteiger partial charge on any atom is -0.346 e. The van der Waals surface area contributed by atoms with Crippen LogP contribution in [0.15, 0.2) is 12.1 Å². The van der Waals surface area contributed by atoms with Gasteiger partial charge in [-0.1, -0.05) is 17.7 Å². The van der Waals surface area contributed by atoms with Gasteiger partial charge in [0.1, 0.15) is 6.54 Å². The van der Waals surface area contributed by atoms with E-state index in [1.165, 1.54) is 11.8 Å². The van der Waals surface area contributed by atoms with Crippen LogP contribution in [0.25, 0.3) is 0 Å². The number of rotatable bonds is 8. The molecule has 1 rings (SSSR count). The van der Waals surface area contributed by atoms with Gasteiger partial charge < -0.3 is 10.6 Å². The van der Waals surface area contributed by atoms with Crippen molar-refractivity contribution < 1.29 is 22.8 Å². The Labute approximate surface area is 149 Å². The molecule has 25 heavy (non-hydrogen) atoms. The molecule has 0 fully saturated rings. The van der Waals surface area contributed by atoms with Crippen LogP contribution in [0.5, 0.6) is 0 Å². The Bertz CT molecular complexity index is 595. The molecule has 0 saturated heterocycles. The zero-order valence-corrected chi connectivity index (χ0v) is 15.4. The number of anilines is 1. The Morgan fingerprint density at radius 2 is 1.68 bits per heavy atom. The van der Waals surface area contributed by atoms with Crippen molar-refractivity contribution in [1.29, 1.82) is 0 Å². The fourth-order valence-electron chi connectivity index (χ4n) is 2.33. The maximum atomic E-state index is 12.0. The second-order valence-corrected chi connectivity index (χ2v) is 6.98. The van der Waals surface area contributed by atoms with E-state index in [9.17, 15) is 22.8 Å². The molecular weight excluding hydrogens is 353 g/mol. The lowest BCUT2D eigenvalue weighted by Gasteiger charge is -2.12. The molecule has 2 N–H and O–H groups in total. The number of alkyl halides is 3. The standard InChI is InChI=1S/C17H23F3N2O2S/c1-11-7-12(2)16(13(3)8-11)22-14(23)5-4-6-25-9-15(24)21-10-17(18,19)20/h7-8H,4-6,9-10H2,1-3H3,(H,21,24)(H,22,23). The lowest BCUT2D eigenvalue weighted by atomic mass is 10.0. The molecule has 4 nitrogen and oxygen atoms in total. The van der Waals surface area contributed by atoms with Gasteiger partial charge in [0.15, 0.2) is 0 Å². The summed E-state index contributed by atoms with van der Waals surface area (Å²) in [5.74, 6) is -0.290. The normalized spacial score (nSPS) is 11.3. The Hall–Kier alpha value is -1.70. The first-order valence-corrected chi connectivity index (χ1v) is 9.03. The summed E-state index contributed by atoms with van der Waals surface area (Å²) in [5.41, 5.74) is 3.95. The quantitative estimate of drug-likeness (QED) is 0.680. The van der Waals surface area contributed by atoms with Crippen LogP contribution >= 0.6 is 11.8 Å². The molecular formula is C17H23F3N2O2S. The number of halogens is 3. The molecule has 0 aliphatic carbocycles. The minimum absolute atomic E-state index is 0.0477. The van der Waals surface area contributed by atoms with Crippen molar-refractivity contribution in [2.45, 2.75) is 39.8 Å². The summed E-state index contributed by atoms with van der Waals surface area (Å²) in [4.78, 5) is 23.2. The molecule has 0 aromatic heterocycles. The number of carbonyl (C=O) groups is 2. The second-order valence-electron chi connectivity index (χ2n) is 5.87. The van der Waals surface area contributed by atoms with E-state index in [2.05, 4.69) is 5.32 Å². The van der Waals surface area contributed by atoms with Gasteiger partial charge >= 0.3 is 6.18 Å². The predicted octanol–water partition coefficient (Wildman–Crippen LogP) is 3.74. The van der Waals surface area contributed by atoms with Gasteiger partial charge in [-0.25, -0.2) is 0 Å².